The number of carbonyl (C=O) groups excluding carboxylic acids is 2. The monoisotopic (exact) mass is 329 g/mol. The molecule has 4 nitrogen and oxygen atoms in total. The predicted molar refractivity (Wildman–Crippen MR) is 86.0 cm³/mol. The van der Waals surface area contributed by atoms with Gasteiger partial charge in [0.15, 0.2) is 5.78 Å². The number of H-pyrrole nitrogens is 1. The summed E-state index contributed by atoms with van der Waals surface area (Å²) in [5, 5.41) is 0.680. The summed E-state index contributed by atoms with van der Waals surface area (Å²) in [4.78, 5) is 41.3. The number of carbonyl (C=O) groups is 2. The molecule has 0 atom stereocenters. The summed E-state index contributed by atoms with van der Waals surface area (Å²) in [7, 11) is 0. The normalized spacial score (nSPS) is 18.8. The minimum Gasteiger partial charge on any atom is -0.307 e. The molecule has 22 heavy (non-hydrogen) atoms. The van der Waals surface area contributed by atoms with Gasteiger partial charge in [-0.05, 0) is 0 Å². The van der Waals surface area contributed by atoms with Crippen LogP contribution in [0.3, 0.4) is 0 Å². The first-order valence-electron chi connectivity index (χ1n) is 6.76. The molecule has 2 aromatic rings. The third-order valence-corrected chi connectivity index (χ3v) is 6.53. The number of rotatable bonds is 0. The zero-order valence-electron chi connectivity index (χ0n) is 11.9. The summed E-state index contributed by atoms with van der Waals surface area (Å²) in [5.41, 5.74) is 0.741. The minimum atomic E-state index is -0.653. The van der Waals surface area contributed by atoms with Crippen LogP contribution in [0.2, 0.25) is 0 Å². The summed E-state index contributed by atoms with van der Waals surface area (Å²) in [5.74, 6) is -0.254. The Morgan fingerprint density at radius 1 is 1.00 bits per heavy atom. The predicted octanol–water partition coefficient (Wildman–Crippen LogP) is 3.15. The van der Waals surface area contributed by atoms with Crippen molar-refractivity contribution in [2.75, 3.05) is 0 Å². The molecule has 1 N–H and O–H groups in total. The molecule has 0 radical (unpaired) electrons. The van der Waals surface area contributed by atoms with Crippen LogP contribution in [0.1, 0.15) is 39.4 Å². The molecule has 0 saturated carbocycles. The molecule has 0 unspecified atom stereocenters. The molecule has 2 heterocycles. The Labute approximate surface area is 134 Å². The van der Waals surface area contributed by atoms with Gasteiger partial charge in [-0.15, -0.1) is 0 Å². The first-order chi connectivity index (χ1) is 10.4. The lowest BCUT2D eigenvalue weighted by Gasteiger charge is -2.35. The van der Waals surface area contributed by atoms with Crippen molar-refractivity contribution < 1.29 is 9.59 Å². The molecule has 0 amide bonds. The smallest absolute Gasteiger partial charge is 0.305 e. The minimum absolute atomic E-state index is 0.116. The Balaban J connectivity index is 2.02. The number of hydrogen-bond donors (Lipinski definition) is 1. The molecule has 1 aliphatic heterocycles. The Morgan fingerprint density at radius 3 is 2.32 bits per heavy atom. The number of aromatic nitrogens is 1. The topological polar surface area (TPSA) is 67.0 Å². The quantitative estimate of drug-likeness (QED) is 0.806. The van der Waals surface area contributed by atoms with Crippen LogP contribution in [0.25, 0.3) is 0 Å². The average Bonchev–Trinajstić information content (AvgIpc) is 2.86. The van der Waals surface area contributed by atoms with Crippen molar-refractivity contribution in [2.45, 2.75) is 24.3 Å². The van der Waals surface area contributed by atoms with Crippen molar-refractivity contribution in [1.82, 2.24) is 4.98 Å². The van der Waals surface area contributed by atoms with Gasteiger partial charge in [0.25, 0.3) is 0 Å². The van der Waals surface area contributed by atoms with Crippen molar-refractivity contribution in [3.63, 3.8) is 0 Å². The van der Waals surface area contributed by atoms with Crippen molar-refractivity contribution >= 4 is 34.7 Å². The summed E-state index contributed by atoms with van der Waals surface area (Å²) in [6, 6.07) is 6.89. The fourth-order valence-electron chi connectivity index (χ4n) is 3.03. The first-order valence-corrected chi connectivity index (χ1v) is 8.39. The zero-order valence-corrected chi connectivity index (χ0v) is 13.5. The lowest BCUT2D eigenvalue weighted by molar-refractivity contribution is 0.0969. The highest BCUT2D eigenvalue weighted by Gasteiger charge is 2.46. The van der Waals surface area contributed by atoms with Gasteiger partial charge in [0, 0.05) is 22.1 Å². The van der Waals surface area contributed by atoms with Gasteiger partial charge < -0.3 is 4.98 Å². The largest absolute Gasteiger partial charge is 0.307 e. The van der Waals surface area contributed by atoms with Crippen LogP contribution in [0.15, 0.2) is 44.6 Å². The van der Waals surface area contributed by atoms with Crippen molar-refractivity contribution in [2.24, 2.45) is 0 Å². The second kappa shape index (κ2) is 4.30. The number of ketones is 2. The molecule has 0 saturated heterocycles. The van der Waals surface area contributed by atoms with E-state index in [0.717, 1.165) is 16.2 Å². The highest BCUT2D eigenvalue weighted by molar-refractivity contribution is 8.04. The maximum atomic E-state index is 12.9. The second-order valence-corrected chi connectivity index (χ2v) is 7.81. The standard InChI is InChI=1S/C16H11NO3S2/c1-16(2)9-10(18)7-5-3-4-6-8(7)11(19)12(9)21-14-13(16)22-15(20)17-14/h3-6H,1-2H3,(H,17,20). The Morgan fingerprint density at radius 2 is 1.64 bits per heavy atom. The van der Waals surface area contributed by atoms with Gasteiger partial charge in [0.1, 0.15) is 0 Å². The zero-order chi connectivity index (χ0) is 15.6. The number of Topliss-reactive ketones (excluding diaryl/α,β-unsaturated/α-hetero) is 2. The van der Waals surface area contributed by atoms with Gasteiger partial charge in [-0.2, -0.15) is 0 Å². The fraction of sp³-hybridized carbons (Fsp3) is 0.188. The van der Waals surface area contributed by atoms with E-state index in [2.05, 4.69) is 4.98 Å². The van der Waals surface area contributed by atoms with E-state index < -0.39 is 5.41 Å². The molecule has 0 fully saturated rings. The van der Waals surface area contributed by atoms with Crippen LogP contribution in [-0.4, -0.2) is 16.6 Å². The van der Waals surface area contributed by atoms with Crippen LogP contribution in [0.4, 0.5) is 0 Å². The highest BCUT2D eigenvalue weighted by Crippen LogP contribution is 2.52. The summed E-state index contributed by atoms with van der Waals surface area (Å²) < 4.78 is 0. The number of thiazole rings is 1. The number of hydrogen-bond acceptors (Lipinski definition) is 5. The first kappa shape index (κ1) is 13.7. The van der Waals surface area contributed by atoms with E-state index in [1.807, 2.05) is 13.8 Å². The van der Waals surface area contributed by atoms with Crippen LogP contribution < -0.4 is 4.87 Å². The lowest BCUT2D eigenvalue weighted by Crippen LogP contribution is -2.34. The Bertz CT molecular complexity index is 946. The highest BCUT2D eigenvalue weighted by atomic mass is 32.2. The van der Waals surface area contributed by atoms with Crippen molar-refractivity contribution in [3.8, 4) is 0 Å². The van der Waals surface area contributed by atoms with Gasteiger partial charge in [0.2, 0.25) is 5.78 Å². The van der Waals surface area contributed by atoms with Crippen molar-refractivity contribution in [3.05, 3.63) is 60.4 Å². The van der Waals surface area contributed by atoms with E-state index in [0.29, 0.717) is 26.6 Å². The van der Waals surface area contributed by atoms with Crippen LogP contribution in [-0.2, 0) is 5.41 Å². The third kappa shape index (κ3) is 1.62. The Hall–Kier alpha value is -1.92. The fourth-order valence-corrected chi connectivity index (χ4v) is 5.53. The van der Waals surface area contributed by atoms with E-state index in [4.69, 9.17) is 0 Å². The number of nitrogens with one attached hydrogen (secondary N) is 1. The SMILES string of the molecule is CC1(C)C2=C(Sc3[nH]c(=O)sc31)C(=O)c1ccccc1C2=O. The van der Waals surface area contributed by atoms with E-state index in [9.17, 15) is 14.4 Å². The number of allylic oxidation sites excluding steroid dienone is 2. The van der Waals surface area contributed by atoms with Gasteiger partial charge in [0.05, 0.1) is 14.8 Å². The number of fused-ring (bicyclic) bond motifs is 2. The molecular weight excluding hydrogens is 318 g/mol. The number of aromatic amines is 1. The van der Waals surface area contributed by atoms with Gasteiger partial charge in [-0.3, -0.25) is 14.4 Å². The third-order valence-electron chi connectivity index (χ3n) is 4.09. The molecule has 110 valence electrons. The number of benzene rings is 1. The molecule has 1 aliphatic carbocycles. The lowest BCUT2D eigenvalue weighted by atomic mass is 9.74. The molecule has 4 rings (SSSR count). The van der Waals surface area contributed by atoms with E-state index in [1.54, 1.807) is 24.3 Å². The summed E-state index contributed by atoms with van der Waals surface area (Å²) in [6.45, 7) is 3.79. The van der Waals surface area contributed by atoms with E-state index >= 15 is 0 Å². The molecule has 6 heteroatoms. The molecule has 0 bridgehead atoms. The van der Waals surface area contributed by atoms with E-state index in [1.165, 1.54) is 11.8 Å². The molecule has 2 aliphatic rings. The summed E-state index contributed by atoms with van der Waals surface area (Å²) >= 11 is 2.31. The van der Waals surface area contributed by atoms with Crippen LogP contribution in [0, 0.1) is 0 Å². The maximum Gasteiger partial charge on any atom is 0.305 e. The molecule has 1 aromatic heterocycles. The van der Waals surface area contributed by atoms with E-state index in [-0.39, 0.29) is 16.4 Å². The molecule has 1 aromatic carbocycles. The van der Waals surface area contributed by atoms with Gasteiger partial charge in [-0.25, -0.2) is 0 Å². The average molecular weight is 329 g/mol. The van der Waals surface area contributed by atoms with Crippen LogP contribution >= 0.6 is 23.1 Å². The van der Waals surface area contributed by atoms with Gasteiger partial charge in [-0.1, -0.05) is 61.2 Å². The van der Waals surface area contributed by atoms with Crippen molar-refractivity contribution in [1.29, 1.82) is 0 Å². The molecule has 0 spiro atoms. The molecular formula is C16H11NO3S2. The van der Waals surface area contributed by atoms with Gasteiger partial charge >= 0.3 is 4.87 Å². The van der Waals surface area contributed by atoms with Crippen LogP contribution in [0.5, 0.6) is 0 Å². The second-order valence-electron chi connectivity index (χ2n) is 5.81. The number of thioether (sulfide) groups is 1. The maximum absolute atomic E-state index is 12.9. The summed E-state index contributed by atoms with van der Waals surface area (Å²) in [6.07, 6.45) is 0. The Kier molecular flexibility index (Phi) is 2.68.